The largest absolute Gasteiger partial charge is 0.480 e. The van der Waals surface area contributed by atoms with E-state index in [0.29, 0.717) is 0 Å². The number of carboxylic acid groups (broad SMARTS) is 1. The van der Waals surface area contributed by atoms with Crippen LogP contribution in [0.4, 0.5) is 0 Å². The van der Waals surface area contributed by atoms with Crippen molar-refractivity contribution in [2.45, 2.75) is 26.3 Å². The maximum absolute atomic E-state index is 12.2. The van der Waals surface area contributed by atoms with Gasteiger partial charge >= 0.3 is 5.97 Å². The molecule has 0 aromatic carbocycles. The number of likely N-dealkylation sites (N-methyl/N-ethyl adjacent to an activating group) is 1. The van der Waals surface area contributed by atoms with Gasteiger partial charge in [0.15, 0.2) is 0 Å². The number of hydrogen-bond donors (Lipinski definition) is 1. The average Bonchev–Trinajstić information content (AvgIpc) is 2.29. The van der Waals surface area contributed by atoms with E-state index in [9.17, 15) is 9.59 Å². The summed E-state index contributed by atoms with van der Waals surface area (Å²) in [6, 6.07) is 0. The molecule has 0 saturated carbocycles. The molecule has 7 heteroatoms. The molecule has 0 radical (unpaired) electrons. The number of nitrogens with zero attached hydrogens (tertiary/aromatic N) is 3. The molecule has 98 valence electrons. The van der Waals surface area contributed by atoms with Crippen molar-refractivity contribution in [3.05, 3.63) is 23.2 Å². The molecule has 1 N–H and O–H groups in total. The third kappa shape index (κ3) is 2.76. The summed E-state index contributed by atoms with van der Waals surface area (Å²) >= 11 is 5.65. The van der Waals surface area contributed by atoms with Crippen molar-refractivity contribution in [1.29, 1.82) is 0 Å². The third-order valence-corrected chi connectivity index (χ3v) is 2.77. The number of carbonyl (C=O) groups is 2. The summed E-state index contributed by atoms with van der Waals surface area (Å²) < 4.78 is 0. The lowest BCUT2D eigenvalue weighted by atomic mass is 10.0. The van der Waals surface area contributed by atoms with E-state index in [4.69, 9.17) is 16.7 Å². The van der Waals surface area contributed by atoms with Crippen LogP contribution in [0.1, 0.15) is 31.3 Å². The van der Waals surface area contributed by atoms with Crippen molar-refractivity contribution in [3.8, 4) is 0 Å². The van der Waals surface area contributed by atoms with Gasteiger partial charge in [-0.15, -0.1) is 0 Å². The van der Waals surface area contributed by atoms with E-state index in [1.165, 1.54) is 31.1 Å². The molecule has 1 aromatic heterocycles. The van der Waals surface area contributed by atoms with E-state index in [-0.39, 0.29) is 17.4 Å². The molecule has 1 heterocycles. The van der Waals surface area contributed by atoms with Gasteiger partial charge in [-0.05, 0) is 20.8 Å². The van der Waals surface area contributed by atoms with Gasteiger partial charge < -0.3 is 10.0 Å². The Morgan fingerprint density at radius 3 is 2.50 bits per heavy atom. The fourth-order valence-corrected chi connectivity index (χ4v) is 1.64. The zero-order chi connectivity index (χ0) is 13.9. The summed E-state index contributed by atoms with van der Waals surface area (Å²) in [6.07, 6.45) is 2.56. The SMILES string of the molecule is CCN(C(=O)c1cncc(Cl)n1)C(C)(C)C(=O)O. The highest BCUT2D eigenvalue weighted by Crippen LogP contribution is 2.17. The smallest absolute Gasteiger partial charge is 0.329 e. The van der Waals surface area contributed by atoms with Gasteiger partial charge in [0, 0.05) is 6.54 Å². The van der Waals surface area contributed by atoms with Crippen LogP contribution in [0.15, 0.2) is 12.4 Å². The first kappa shape index (κ1) is 14.4. The molecule has 18 heavy (non-hydrogen) atoms. The fourth-order valence-electron chi connectivity index (χ4n) is 1.49. The summed E-state index contributed by atoms with van der Waals surface area (Å²) in [7, 11) is 0. The first-order valence-electron chi connectivity index (χ1n) is 5.33. The first-order valence-corrected chi connectivity index (χ1v) is 5.71. The Labute approximate surface area is 110 Å². The van der Waals surface area contributed by atoms with Crippen LogP contribution < -0.4 is 0 Å². The molecule has 6 nitrogen and oxygen atoms in total. The van der Waals surface area contributed by atoms with Crippen molar-refractivity contribution < 1.29 is 14.7 Å². The highest BCUT2D eigenvalue weighted by atomic mass is 35.5. The van der Waals surface area contributed by atoms with E-state index in [1.54, 1.807) is 6.92 Å². The van der Waals surface area contributed by atoms with Crippen LogP contribution in [-0.2, 0) is 4.79 Å². The van der Waals surface area contributed by atoms with Gasteiger partial charge in [0.05, 0.1) is 12.4 Å². The summed E-state index contributed by atoms with van der Waals surface area (Å²) in [5, 5.41) is 9.23. The van der Waals surface area contributed by atoms with Crippen molar-refractivity contribution in [1.82, 2.24) is 14.9 Å². The Morgan fingerprint density at radius 2 is 2.06 bits per heavy atom. The zero-order valence-electron chi connectivity index (χ0n) is 10.3. The van der Waals surface area contributed by atoms with Crippen LogP contribution in [0, 0.1) is 0 Å². The molecule has 1 amide bonds. The van der Waals surface area contributed by atoms with Crippen molar-refractivity contribution in [2.24, 2.45) is 0 Å². The fraction of sp³-hybridized carbons (Fsp3) is 0.455. The molecule has 0 atom stereocenters. The molecular formula is C11H14ClN3O3. The Morgan fingerprint density at radius 1 is 1.44 bits per heavy atom. The Hall–Kier alpha value is -1.69. The highest BCUT2D eigenvalue weighted by Gasteiger charge is 2.37. The number of carboxylic acids is 1. The van der Waals surface area contributed by atoms with Crippen LogP contribution in [0.25, 0.3) is 0 Å². The first-order chi connectivity index (χ1) is 8.30. The molecule has 1 aromatic rings. The van der Waals surface area contributed by atoms with Crippen LogP contribution >= 0.6 is 11.6 Å². The van der Waals surface area contributed by atoms with Crippen LogP contribution in [0.2, 0.25) is 5.15 Å². The molecule has 0 aliphatic heterocycles. The molecule has 0 unspecified atom stereocenters. The van der Waals surface area contributed by atoms with Gasteiger partial charge in [-0.1, -0.05) is 11.6 Å². The van der Waals surface area contributed by atoms with E-state index in [1.807, 2.05) is 0 Å². The number of aliphatic carboxylic acids is 1. The molecule has 1 rings (SSSR count). The number of amides is 1. The second-order valence-corrected chi connectivity index (χ2v) is 4.53. The monoisotopic (exact) mass is 271 g/mol. The van der Waals surface area contributed by atoms with E-state index in [2.05, 4.69) is 9.97 Å². The topological polar surface area (TPSA) is 83.4 Å². The highest BCUT2D eigenvalue weighted by molar-refractivity contribution is 6.29. The van der Waals surface area contributed by atoms with Crippen molar-refractivity contribution in [3.63, 3.8) is 0 Å². The Kier molecular flexibility index (Phi) is 4.24. The van der Waals surface area contributed by atoms with E-state index < -0.39 is 17.4 Å². The number of hydrogen-bond acceptors (Lipinski definition) is 4. The number of aromatic nitrogens is 2. The lowest BCUT2D eigenvalue weighted by Crippen LogP contribution is -2.53. The minimum atomic E-state index is -1.32. The molecule has 0 fully saturated rings. The molecule has 0 aliphatic rings. The van der Waals surface area contributed by atoms with Gasteiger partial charge in [-0.3, -0.25) is 9.78 Å². The third-order valence-electron chi connectivity index (χ3n) is 2.58. The Balaban J connectivity index is 3.11. The average molecular weight is 272 g/mol. The van der Waals surface area contributed by atoms with Gasteiger partial charge in [0.2, 0.25) is 0 Å². The van der Waals surface area contributed by atoms with Gasteiger partial charge in [-0.25, -0.2) is 9.78 Å². The summed E-state index contributed by atoms with van der Waals surface area (Å²) in [4.78, 5) is 32.1. The van der Waals surface area contributed by atoms with Crippen LogP contribution in [-0.4, -0.2) is 43.9 Å². The van der Waals surface area contributed by atoms with Gasteiger partial charge in [0.1, 0.15) is 16.4 Å². The number of halogens is 1. The predicted molar refractivity (Wildman–Crippen MR) is 65.5 cm³/mol. The summed E-state index contributed by atoms with van der Waals surface area (Å²) in [6.45, 7) is 4.84. The van der Waals surface area contributed by atoms with Crippen molar-refractivity contribution >= 4 is 23.5 Å². The van der Waals surface area contributed by atoms with Gasteiger partial charge in [0.25, 0.3) is 5.91 Å². The lowest BCUT2D eigenvalue weighted by Gasteiger charge is -2.33. The standard InChI is InChI=1S/C11H14ClN3O3/c1-4-15(11(2,3)10(17)18)9(16)7-5-13-6-8(12)14-7/h5-6H,4H2,1-3H3,(H,17,18). The molecule has 0 aliphatic carbocycles. The second-order valence-electron chi connectivity index (χ2n) is 4.14. The normalized spacial score (nSPS) is 11.1. The predicted octanol–water partition coefficient (Wildman–Crippen LogP) is 1.46. The molecular weight excluding hydrogens is 258 g/mol. The number of carbonyl (C=O) groups excluding carboxylic acids is 1. The maximum Gasteiger partial charge on any atom is 0.329 e. The minimum absolute atomic E-state index is 0.0266. The molecule has 0 bridgehead atoms. The quantitative estimate of drug-likeness (QED) is 0.896. The second kappa shape index (κ2) is 5.30. The zero-order valence-corrected chi connectivity index (χ0v) is 11.1. The van der Waals surface area contributed by atoms with Crippen LogP contribution in [0.5, 0.6) is 0 Å². The lowest BCUT2D eigenvalue weighted by molar-refractivity contribution is -0.147. The van der Waals surface area contributed by atoms with E-state index in [0.717, 1.165) is 0 Å². The molecule has 0 spiro atoms. The molecule has 0 saturated heterocycles. The van der Waals surface area contributed by atoms with Crippen LogP contribution in [0.3, 0.4) is 0 Å². The minimum Gasteiger partial charge on any atom is -0.480 e. The van der Waals surface area contributed by atoms with E-state index >= 15 is 0 Å². The van der Waals surface area contributed by atoms with Crippen molar-refractivity contribution in [2.75, 3.05) is 6.54 Å². The summed E-state index contributed by atoms with van der Waals surface area (Å²) in [5.74, 6) is -1.60. The Bertz CT molecular complexity index is 476. The summed E-state index contributed by atoms with van der Waals surface area (Å²) in [5.41, 5.74) is -1.30. The number of rotatable bonds is 4. The van der Waals surface area contributed by atoms with Gasteiger partial charge in [-0.2, -0.15) is 0 Å². The maximum atomic E-state index is 12.2.